The molecular formula is C79H153F4NO14. The number of unbranched alkanes of at least 4 members (excludes halogenated alkanes) is 33. The van der Waals surface area contributed by atoms with Crippen molar-refractivity contribution < 1.29 is 86.2 Å². The molecule has 0 aromatic carbocycles. The molecule has 4 aliphatic rings. The molecule has 1 amide bonds. The molecule has 0 saturated carbocycles. The maximum atomic E-state index is 13.4. The quantitative estimate of drug-likeness (QED) is 0.0223. The molecule has 0 aromatic rings. The van der Waals surface area contributed by atoms with Gasteiger partial charge in [-0.3, -0.25) is 4.79 Å². The molecule has 4 heterocycles. The van der Waals surface area contributed by atoms with Crippen LogP contribution < -0.4 is 5.32 Å². The summed E-state index contributed by atoms with van der Waals surface area (Å²) < 4.78 is 88.7. The molecule has 0 radical (unpaired) electrons. The monoisotopic (exact) mass is 1420 g/mol. The number of ether oxygens (including phenoxy) is 7. The summed E-state index contributed by atoms with van der Waals surface area (Å²) in [6.07, 6.45) is 32.0. The minimum atomic E-state index is -1.68. The summed E-state index contributed by atoms with van der Waals surface area (Å²) in [5.74, 6) is 2.26. The Morgan fingerprint density at radius 2 is 0.735 bits per heavy atom. The maximum Gasteiger partial charge on any atom is 0.220 e. The van der Waals surface area contributed by atoms with Gasteiger partial charge in [0.15, 0.2) is 18.9 Å². The second kappa shape index (κ2) is 58.9. The number of nitrogens with one attached hydrogen (secondary N) is 1. The van der Waals surface area contributed by atoms with Gasteiger partial charge in [-0.05, 0) is 48.3 Å². The fourth-order valence-corrected chi connectivity index (χ4v) is 14.1. The second-order valence-corrected chi connectivity index (χ2v) is 30.2. The van der Waals surface area contributed by atoms with E-state index in [2.05, 4.69) is 53.8 Å². The number of carbonyl (C=O) groups excluding carboxylic acids is 1. The van der Waals surface area contributed by atoms with Crippen LogP contribution in [0.5, 0.6) is 0 Å². The van der Waals surface area contributed by atoms with Gasteiger partial charge in [-0.2, -0.15) is 0 Å². The predicted molar refractivity (Wildman–Crippen MR) is 387 cm³/mol. The van der Waals surface area contributed by atoms with E-state index in [1.165, 1.54) is 173 Å². The fourth-order valence-electron chi connectivity index (χ4n) is 14.1. The number of aliphatic hydroxyl groups is 6. The lowest BCUT2D eigenvalue weighted by Crippen LogP contribution is -2.60. The zero-order valence-electron chi connectivity index (χ0n) is 64.4. The Hall–Kier alpha value is -1.33. The minimum absolute atomic E-state index is 0.0730. The normalized spacial score (nSPS) is 31.2. The van der Waals surface area contributed by atoms with Crippen LogP contribution in [0.15, 0.2) is 0 Å². The van der Waals surface area contributed by atoms with Crippen molar-refractivity contribution >= 4 is 5.91 Å². The predicted octanol–water partition coefficient (Wildman–Crippen LogP) is 17.5. The number of aliphatic hydroxyl groups excluding tert-OH is 6. The van der Waals surface area contributed by atoms with E-state index in [1.54, 1.807) is 21.1 Å². The van der Waals surface area contributed by atoms with E-state index in [1.807, 2.05) is 20.8 Å². The molecule has 0 aliphatic carbocycles. The van der Waals surface area contributed by atoms with E-state index in [9.17, 15) is 47.9 Å². The van der Waals surface area contributed by atoms with Crippen molar-refractivity contribution in [3.8, 4) is 0 Å². The van der Waals surface area contributed by atoms with Crippen LogP contribution in [0.3, 0.4) is 0 Å². The second-order valence-electron chi connectivity index (χ2n) is 30.2. The number of carbonyl (C=O) groups is 1. The zero-order valence-corrected chi connectivity index (χ0v) is 64.4. The molecular weight excluding hydrogens is 1260 g/mol. The van der Waals surface area contributed by atoms with Gasteiger partial charge in [-0.25, -0.2) is 17.6 Å². The molecule has 0 spiro atoms. The first-order valence-electron chi connectivity index (χ1n) is 40.0. The number of halogens is 4. The van der Waals surface area contributed by atoms with E-state index >= 15 is 0 Å². The average Bonchev–Trinajstić information content (AvgIpc) is 0.854. The first-order valence-corrected chi connectivity index (χ1v) is 40.0. The van der Waals surface area contributed by atoms with Gasteiger partial charge in [0.05, 0.1) is 43.7 Å². The summed E-state index contributed by atoms with van der Waals surface area (Å²) in [4.78, 5) is 13.0. The van der Waals surface area contributed by atoms with Crippen molar-refractivity contribution in [2.45, 2.75) is 400 Å². The minimum Gasteiger partial charge on any atom is -0.394 e. The van der Waals surface area contributed by atoms with Crippen LogP contribution in [0.2, 0.25) is 0 Å². The van der Waals surface area contributed by atoms with E-state index in [0.717, 1.165) is 44.9 Å². The van der Waals surface area contributed by atoms with Gasteiger partial charge < -0.3 is 69.1 Å². The highest BCUT2D eigenvalue weighted by Crippen LogP contribution is 2.38. The third-order valence-electron chi connectivity index (χ3n) is 22.7. The lowest BCUT2D eigenvalue weighted by molar-refractivity contribution is -0.300. The van der Waals surface area contributed by atoms with Gasteiger partial charge in [0.1, 0.15) is 50.5 Å². The van der Waals surface area contributed by atoms with Gasteiger partial charge in [0, 0.05) is 38.4 Å². The van der Waals surface area contributed by atoms with Crippen LogP contribution in [-0.4, -0.2) is 170 Å². The molecule has 4 rings (SSSR count). The number of amides is 1. The Labute approximate surface area is 595 Å². The average molecular weight is 1420 g/mol. The van der Waals surface area contributed by atoms with Crippen LogP contribution in [0.25, 0.3) is 0 Å². The number of hydrogen-bond donors (Lipinski definition) is 7. The number of rotatable bonds is 49. The smallest absolute Gasteiger partial charge is 0.220 e. The summed E-state index contributed by atoms with van der Waals surface area (Å²) in [5.41, 5.74) is 0. The van der Waals surface area contributed by atoms with Crippen LogP contribution in [0.1, 0.15) is 314 Å². The Balaban J connectivity index is 0.000000992. The highest BCUT2D eigenvalue weighted by atomic mass is 19.2. The standard InChI is InChI=1S/C50H98FNO8.C10H19FO2.C10H20O3.C9H16F2O/c1-3-5-7-9-11-13-15-17-18-19-20-21-22-23-24-25-26-27-29-31-33-35-37-39-45(54)52-42(41-59-50-49(58)48(57)47(56)44(40-51)60-50)46(55)43(53)38-36-34-32-30-28-16-14-12-10-8-6-4-2;2*1-6-7(2)9(5-11)13-10(12-4)8(6)3;1-5-6(2)8(4-10)12-9(11)7(5)3/h42-44,46-50,53,55-58H,3-41H2,1-2H3,(H,52,54);6-10H,5H2,1-4H3;6-11H,5H2,1-4H3;5-9H,4H2,1-3H3/t42-,43+,44?,46-,47-,48-,49?,50-;2*6-,7+,8?,9?,10-;5-,6+,7?,8?,9?/m0000/s1. The Kier molecular flexibility index (Phi) is 56.9. The SMILES string of the molecule is CC1C(F)OC(CF)[C@H](C)[C@@H]1C.CCCCCCCCCCCCCCCCCCCCCCCCCC(=O)N[C@@H](CO[C@H]1OC(CF)[C@H](O)[C@H](O)C1O)[C@H](O)[C@H](O)CCCCCCCCCCCCCC.CO[C@H]1OC(CF)[C@H](C)[C@H](C)C1C.CO[C@H]1OC(CO)[C@H](C)[C@H](C)C1C. The molecule has 23 atom stereocenters. The first kappa shape index (κ1) is 94.7. The van der Waals surface area contributed by atoms with Gasteiger partial charge >= 0.3 is 0 Å². The molecule has 15 nitrogen and oxygen atoms in total. The third kappa shape index (κ3) is 38.6. The van der Waals surface area contributed by atoms with Crippen molar-refractivity contribution in [1.82, 2.24) is 5.32 Å². The molecule has 98 heavy (non-hydrogen) atoms. The fraction of sp³-hybridized carbons (Fsp3) is 0.987. The molecule has 9 unspecified atom stereocenters. The molecule has 0 aromatic heterocycles. The Morgan fingerprint density at radius 1 is 0.408 bits per heavy atom. The summed E-state index contributed by atoms with van der Waals surface area (Å²) >= 11 is 0. The van der Waals surface area contributed by atoms with Crippen molar-refractivity contribution in [2.75, 3.05) is 47.5 Å². The number of methoxy groups -OCH3 is 2. The zero-order chi connectivity index (χ0) is 73.2. The van der Waals surface area contributed by atoms with Crippen molar-refractivity contribution in [2.24, 2.45) is 53.3 Å². The van der Waals surface area contributed by atoms with E-state index < -0.39 is 81.4 Å². The van der Waals surface area contributed by atoms with Crippen molar-refractivity contribution in [3.05, 3.63) is 0 Å². The van der Waals surface area contributed by atoms with Crippen molar-refractivity contribution in [3.63, 3.8) is 0 Å². The van der Waals surface area contributed by atoms with Crippen LogP contribution in [-0.2, 0) is 38.0 Å². The van der Waals surface area contributed by atoms with E-state index in [4.69, 9.17) is 38.3 Å². The van der Waals surface area contributed by atoms with Crippen molar-refractivity contribution in [1.29, 1.82) is 0 Å². The van der Waals surface area contributed by atoms with Gasteiger partial charge in [0.2, 0.25) is 12.3 Å². The highest BCUT2D eigenvalue weighted by molar-refractivity contribution is 5.76. The topological polar surface area (TPSA) is 215 Å². The molecule has 19 heteroatoms. The van der Waals surface area contributed by atoms with Crippen LogP contribution in [0, 0.1) is 53.3 Å². The summed E-state index contributed by atoms with van der Waals surface area (Å²) in [6.45, 7) is 20.5. The van der Waals surface area contributed by atoms with Gasteiger partial charge in [-0.15, -0.1) is 0 Å². The first-order chi connectivity index (χ1) is 47.1. The van der Waals surface area contributed by atoms with Crippen LogP contribution >= 0.6 is 0 Å². The number of alkyl halides is 4. The molecule has 7 N–H and O–H groups in total. The van der Waals surface area contributed by atoms with E-state index in [-0.39, 0.29) is 74.0 Å². The number of hydrogen-bond acceptors (Lipinski definition) is 14. The van der Waals surface area contributed by atoms with Gasteiger partial charge in [0.25, 0.3) is 0 Å². The van der Waals surface area contributed by atoms with Crippen LogP contribution in [0.4, 0.5) is 17.6 Å². The highest BCUT2D eigenvalue weighted by Gasteiger charge is 2.46. The van der Waals surface area contributed by atoms with Gasteiger partial charge in [-0.1, -0.05) is 294 Å². The molecule has 0 bridgehead atoms. The molecule has 4 aliphatic heterocycles. The lowest BCUT2D eigenvalue weighted by atomic mass is 9.79. The summed E-state index contributed by atoms with van der Waals surface area (Å²) in [7, 11) is 3.26. The third-order valence-corrected chi connectivity index (χ3v) is 22.7. The summed E-state index contributed by atoms with van der Waals surface area (Å²) in [5, 5.41) is 64.6. The Morgan fingerprint density at radius 3 is 1.10 bits per heavy atom. The van der Waals surface area contributed by atoms with E-state index in [0.29, 0.717) is 42.4 Å². The Bertz CT molecular complexity index is 1740. The molecule has 586 valence electrons. The summed E-state index contributed by atoms with van der Waals surface area (Å²) in [6, 6.07) is -1.02. The largest absolute Gasteiger partial charge is 0.394 e. The lowest BCUT2D eigenvalue weighted by Gasteiger charge is -2.42. The molecule has 4 saturated heterocycles. The molecule has 4 fully saturated rings. The maximum absolute atomic E-state index is 13.4.